The molecule has 1 aliphatic heterocycles. The van der Waals surface area contributed by atoms with Crippen LogP contribution in [0.4, 0.5) is 0 Å². The van der Waals surface area contributed by atoms with Crippen molar-refractivity contribution in [3.63, 3.8) is 0 Å². The zero-order chi connectivity index (χ0) is 8.48. The lowest BCUT2D eigenvalue weighted by molar-refractivity contribution is 0.224. The van der Waals surface area contributed by atoms with Gasteiger partial charge in [-0.15, -0.1) is 12.3 Å². The van der Waals surface area contributed by atoms with Crippen LogP contribution in [0.5, 0.6) is 0 Å². The predicted octanol–water partition coefficient (Wildman–Crippen LogP) is 0.232. The molecule has 0 aromatic heterocycles. The monoisotopic (exact) mass is 174 g/mol. The van der Waals surface area contributed by atoms with Gasteiger partial charge in [0.15, 0.2) is 0 Å². The van der Waals surface area contributed by atoms with E-state index < -0.39 is 10.1 Å². The third-order valence-electron chi connectivity index (χ3n) is 1.80. The Morgan fingerprint density at radius 2 is 2.27 bits per heavy atom. The minimum atomic E-state index is -3.27. The van der Waals surface area contributed by atoms with E-state index in [1.165, 1.54) is 0 Å². The Labute approximate surface area is 66.9 Å². The topological polar surface area (TPSA) is 43.4 Å². The fraction of sp³-hybridized carbons (Fsp3) is 0.714. The van der Waals surface area contributed by atoms with E-state index in [0.717, 1.165) is 0 Å². The first kappa shape index (κ1) is 8.57. The van der Waals surface area contributed by atoms with Gasteiger partial charge in [0.1, 0.15) is 0 Å². The van der Waals surface area contributed by atoms with Crippen LogP contribution in [-0.2, 0) is 14.3 Å². The van der Waals surface area contributed by atoms with Crippen molar-refractivity contribution in [1.82, 2.24) is 0 Å². The van der Waals surface area contributed by atoms with E-state index in [1.54, 1.807) is 0 Å². The van der Waals surface area contributed by atoms with Crippen LogP contribution in [0.3, 0.4) is 0 Å². The van der Waals surface area contributed by atoms with Crippen molar-refractivity contribution >= 4 is 10.1 Å². The van der Waals surface area contributed by atoms with Crippen molar-refractivity contribution in [1.29, 1.82) is 0 Å². The maximum absolute atomic E-state index is 10.8. The Morgan fingerprint density at radius 1 is 1.64 bits per heavy atom. The molecule has 2 unspecified atom stereocenters. The molecule has 11 heavy (non-hydrogen) atoms. The maximum atomic E-state index is 10.8. The zero-order valence-electron chi connectivity index (χ0n) is 6.28. The second kappa shape index (κ2) is 2.84. The third-order valence-corrected chi connectivity index (χ3v) is 3.22. The summed E-state index contributed by atoms with van der Waals surface area (Å²) < 4.78 is 26.2. The van der Waals surface area contributed by atoms with Crippen LogP contribution in [0, 0.1) is 24.2 Å². The summed E-state index contributed by atoms with van der Waals surface area (Å²) in [7, 11) is -3.27. The van der Waals surface area contributed by atoms with Gasteiger partial charge in [0.2, 0.25) is 0 Å². The molecule has 0 spiro atoms. The minimum Gasteiger partial charge on any atom is -0.269 e. The Morgan fingerprint density at radius 3 is 2.73 bits per heavy atom. The molecular formula is C7H10O3S. The Hall–Kier alpha value is -0.530. The highest BCUT2D eigenvalue weighted by Gasteiger charge is 2.29. The van der Waals surface area contributed by atoms with E-state index in [1.807, 2.05) is 6.92 Å². The summed E-state index contributed by atoms with van der Waals surface area (Å²) >= 11 is 0. The van der Waals surface area contributed by atoms with E-state index in [-0.39, 0.29) is 24.2 Å². The molecule has 2 atom stereocenters. The molecule has 3 nitrogen and oxygen atoms in total. The van der Waals surface area contributed by atoms with Crippen molar-refractivity contribution in [2.75, 3.05) is 12.4 Å². The number of terminal acetylenes is 1. The zero-order valence-corrected chi connectivity index (χ0v) is 7.10. The Bertz CT molecular complexity index is 273. The molecule has 0 aromatic rings. The fourth-order valence-corrected chi connectivity index (χ4v) is 2.37. The normalized spacial score (nSPS) is 36.0. The van der Waals surface area contributed by atoms with Crippen molar-refractivity contribution in [3.05, 3.63) is 0 Å². The molecule has 0 saturated carbocycles. The van der Waals surface area contributed by atoms with Gasteiger partial charge in [-0.25, -0.2) is 0 Å². The fourth-order valence-electron chi connectivity index (χ4n) is 1.04. The van der Waals surface area contributed by atoms with Gasteiger partial charge in [-0.3, -0.25) is 4.18 Å². The van der Waals surface area contributed by atoms with Crippen LogP contribution in [0.25, 0.3) is 0 Å². The Balaban J connectivity index is 2.71. The maximum Gasteiger partial charge on any atom is 0.267 e. The van der Waals surface area contributed by atoms with Crippen molar-refractivity contribution in [2.24, 2.45) is 11.8 Å². The molecule has 0 amide bonds. The van der Waals surface area contributed by atoms with Crippen LogP contribution in [0.1, 0.15) is 6.92 Å². The summed E-state index contributed by atoms with van der Waals surface area (Å²) in [4.78, 5) is 0. The van der Waals surface area contributed by atoms with Crippen LogP contribution in [-0.4, -0.2) is 20.8 Å². The van der Waals surface area contributed by atoms with E-state index >= 15 is 0 Å². The molecule has 0 N–H and O–H groups in total. The first-order chi connectivity index (χ1) is 5.05. The van der Waals surface area contributed by atoms with E-state index in [9.17, 15) is 8.42 Å². The highest BCUT2D eigenvalue weighted by atomic mass is 32.2. The molecule has 1 fully saturated rings. The van der Waals surface area contributed by atoms with Gasteiger partial charge in [0, 0.05) is 5.92 Å². The summed E-state index contributed by atoms with van der Waals surface area (Å²) in [6.45, 7) is 1.96. The molecule has 0 aromatic carbocycles. The quantitative estimate of drug-likeness (QED) is 0.390. The summed E-state index contributed by atoms with van der Waals surface area (Å²) in [6.07, 6.45) is 5.16. The summed E-state index contributed by atoms with van der Waals surface area (Å²) in [5, 5.41) is 0. The summed E-state index contributed by atoms with van der Waals surface area (Å²) in [6, 6.07) is 0. The lowest BCUT2D eigenvalue weighted by atomic mass is 9.98. The van der Waals surface area contributed by atoms with Gasteiger partial charge in [-0.05, 0) is 5.92 Å². The number of hydrogen-bond donors (Lipinski definition) is 0. The van der Waals surface area contributed by atoms with Crippen molar-refractivity contribution < 1.29 is 12.6 Å². The number of rotatable bonds is 0. The Kier molecular flexibility index (Phi) is 2.21. The average Bonchev–Trinajstić information content (AvgIpc) is 1.86. The van der Waals surface area contributed by atoms with Gasteiger partial charge in [-0.1, -0.05) is 6.92 Å². The standard InChI is InChI=1S/C7H10O3S/c1-3-7-4-10-11(8,9)5-6(7)2/h1,6-7H,4-5H2,2H3. The molecule has 1 aliphatic rings. The molecule has 1 saturated heterocycles. The highest BCUT2D eigenvalue weighted by molar-refractivity contribution is 7.86. The van der Waals surface area contributed by atoms with Crippen LogP contribution >= 0.6 is 0 Å². The largest absolute Gasteiger partial charge is 0.269 e. The van der Waals surface area contributed by atoms with E-state index in [2.05, 4.69) is 10.1 Å². The second-order valence-electron chi connectivity index (χ2n) is 2.76. The molecule has 1 rings (SSSR count). The minimum absolute atomic E-state index is 0.0127. The van der Waals surface area contributed by atoms with Gasteiger partial charge in [0.05, 0.1) is 12.4 Å². The van der Waals surface area contributed by atoms with Crippen molar-refractivity contribution in [2.45, 2.75) is 6.92 Å². The molecule has 4 heteroatoms. The predicted molar refractivity (Wildman–Crippen MR) is 41.2 cm³/mol. The lowest BCUT2D eigenvalue weighted by Gasteiger charge is -2.23. The summed E-state index contributed by atoms with van der Waals surface area (Å²) in [5.41, 5.74) is 0. The number of hydrogen-bond acceptors (Lipinski definition) is 3. The molecule has 1 heterocycles. The molecular weight excluding hydrogens is 164 g/mol. The molecule has 62 valence electrons. The van der Waals surface area contributed by atoms with E-state index in [0.29, 0.717) is 0 Å². The van der Waals surface area contributed by atoms with Gasteiger partial charge < -0.3 is 0 Å². The van der Waals surface area contributed by atoms with Gasteiger partial charge in [0.25, 0.3) is 10.1 Å². The SMILES string of the molecule is C#CC1COS(=O)(=O)CC1C. The second-order valence-corrected chi connectivity index (χ2v) is 4.44. The van der Waals surface area contributed by atoms with E-state index in [4.69, 9.17) is 6.42 Å². The highest BCUT2D eigenvalue weighted by Crippen LogP contribution is 2.20. The smallest absolute Gasteiger partial charge is 0.267 e. The van der Waals surface area contributed by atoms with Gasteiger partial charge in [-0.2, -0.15) is 8.42 Å². The molecule has 0 radical (unpaired) electrons. The summed E-state index contributed by atoms with van der Waals surface area (Å²) in [5.74, 6) is 2.50. The average molecular weight is 174 g/mol. The van der Waals surface area contributed by atoms with Crippen molar-refractivity contribution in [3.8, 4) is 12.3 Å². The van der Waals surface area contributed by atoms with Crippen LogP contribution in [0.2, 0.25) is 0 Å². The van der Waals surface area contributed by atoms with Crippen LogP contribution < -0.4 is 0 Å². The van der Waals surface area contributed by atoms with Crippen LogP contribution in [0.15, 0.2) is 0 Å². The third kappa shape index (κ3) is 1.95. The molecule has 0 bridgehead atoms. The first-order valence-corrected chi connectivity index (χ1v) is 4.96. The van der Waals surface area contributed by atoms with Gasteiger partial charge >= 0.3 is 0 Å². The lowest BCUT2D eigenvalue weighted by Crippen LogP contribution is -2.32. The first-order valence-electron chi connectivity index (χ1n) is 3.38. The molecule has 0 aliphatic carbocycles.